The molecule has 6 heteroatoms. The van der Waals surface area contributed by atoms with Crippen LogP contribution in [0.2, 0.25) is 0 Å². The Balaban J connectivity index is 1.43. The lowest BCUT2D eigenvalue weighted by Crippen LogP contribution is -2.32. The molecule has 0 aromatic rings. The van der Waals surface area contributed by atoms with E-state index in [-0.39, 0.29) is 19.4 Å². The van der Waals surface area contributed by atoms with Gasteiger partial charge in [0.25, 0.3) is 11.8 Å². The lowest BCUT2D eigenvalue weighted by atomic mass is 10.1. The smallest absolute Gasteiger partial charge is 0.432 e. The molecule has 1 aliphatic heterocycles. The lowest BCUT2D eigenvalue weighted by molar-refractivity contribution is -0.177. The van der Waals surface area contributed by atoms with Crippen molar-refractivity contribution in [2.24, 2.45) is 17.8 Å². The predicted octanol–water partition coefficient (Wildman–Crippen LogP) is 1.64. The summed E-state index contributed by atoms with van der Waals surface area (Å²) in [7, 11) is 0. The van der Waals surface area contributed by atoms with Gasteiger partial charge in [-0.15, -0.1) is 11.8 Å². The number of rotatable bonds is 3. The SMILES string of the molecule is O=C(OCC1C2CCC#CCCC21)ON1C(=O)CCC1=O. The molecule has 1 heterocycles. The number of ether oxygens (including phenoxy) is 1. The Morgan fingerprint density at radius 1 is 1.10 bits per heavy atom. The summed E-state index contributed by atoms with van der Waals surface area (Å²) < 4.78 is 5.05. The van der Waals surface area contributed by atoms with Crippen molar-refractivity contribution >= 4 is 18.0 Å². The minimum absolute atomic E-state index is 0.0822. The molecule has 2 aliphatic carbocycles. The van der Waals surface area contributed by atoms with Gasteiger partial charge in [0.1, 0.15) is 0 Å². The molecule has 0 aromatic carbocycles. The third-order valence-corrected chi connectivity index (χ3v) is 4.40. The van der Waals surface area contributed by atoms with E-state index in [0.717, 1.165) is 25.7 Å². The molecule has 2 atom stereocenters. The van der Waals surface area contributed by atoms with Gasteiger partial charge in [-0.2, -0.15) is 0 Å². The zero-order chi connectivity index (χ0) is 14.8. The van der Waals surface area contributed by atoms with E-state index in [2.05, 4.69) is 16.7 Å². The fourth-order valence-electron chi connectivity index (χ4n) is 3.21. The maximum Gasteiger partial charge on any atom is 0.533 e. The summed E-state index contributed by atoms with van der Waals surface area (Å²) in [6.45, 7) is 0.282. The molecule has 2 fully saturated rings. The van der Waals surface area contributed by atoms with Gasteiger partial charge >= 0.3 is 6.16 Å². The molecule has 2 unspecified atom stereocenters. The summed E-state index contributed by atoms with van der Waals surface area (Å²) in [6.07, 6.45) is 3.08. The van der Waals surface area contributed by atoms with Crippen LogP contribution >= 0.6 is 0 Å². The van der Waals surface area contributed by atoms with Crippen LogP contribution in [-0.2, 0) is 19.2 Å². The van der Waals surface area contributed by atoms with Crippen molar-refractivity contribution in [1.29, 1.82) is 0 Å². The summed E-state index contributed by atoms with van der Waals surface area (Å²) in [4.78, 5) is 38.8. The van der Waals surface area contributed by atoms with Crippen LogP contribution in [0, 0.1) is 29.6 Å². The first kappa shape index (κ1) is 13.9. The molecule has 6 nitrogen and oxygen atoms in total. The molecule has 2 amide bonds. The quantitative estimate of drug-likeness (QED) is 0.449. The molecule has 0 spiro atoms. The maximum atomic E-state index is 11.5. The van der Waals surface area contributed by atoms with Gasteiger partial charge in [0, 0.05) is 25.7 Å². The number of amides is 2. The molecule has 0 N–H and O–H groups in total. The molecule has 0 bridgehead atoms. The first-order valence-electron chi connectivity index (χ1n) is 7.33. The van der Waals surface area contributed by atoms with E-state index < -0.39 is 18.0 Å². The van der Waals surface area contributed by atoms with Crippen molar-refractivity contribution < 1.29 is 24.0 Å². The minimum atomic E-state index is -0.978. The van der Waals surface area contributed by atoms with Crippen LogP contribution in [-0.4, -0.2) is 29.6 Å². The van der Waals surface area contributed by atoms with E-state index in [0.29, 0.717) is 22.8 Å². The van der Waals surface area contributed by atoms with E-state index >= 15 is 0 Å². The molecule has 3 aliphatic rings. The van der Waals surface area contributed by atoms with Crippen molar-refractivity contribution in [3.63, 3.8) is 0 Å². The summed E-state index contributed by atoms with van der Waals surface area (Å²) in [5, 5.41) is 0.506. The van der Waals surface area contributed by atoms with Gasteiger partial charge in [-0.3, -0.25) is 14.4 Å². The van der Waals surface area contributed by atoms with Gasteiger partial charge in [0.15, 0.2) is 0 Å². The summed E-state index contributed by atoms with van der Waals surface area (Å²) in [5.41, 5.74) is 0. The number of hydroxylamine groups is 2. The number of carbonyl (C=O) groups is 3. The largest absolute Gasteiger partial charge is 0.533 e. The molecule has 112 valence electrons. The minimum Gasteiger partial charge on any atom is -0.432 e. The third-order valence-electron chi connectivity index (χ3n) is 4.40. The molecule has 0 radical (unpaired) electrons. The Kier molecular flexibility index (Phi) is 3.82. The van der Waals surface area contributed by atoms with Crippen LogP contribution in [0.15, 0.2) is 0 Å². The predicted molar refractivity (Wildman–Crippen MR) is 70.2 cm³/mol. The Labute approximate surface area is 122 Å². The molecule has 1 saturated carbocycles. The number of hydrogen-bond donors (Lipinski definition) is 0. The molecule has 0 aromatic heterocycles. The average molecular weight is 291 g/mol. The van der Waals surface area contributed by atoms with E-state index in [1.54, 1.807) is 0 Å². The third kappa shape index (κ3) is 3.02. The fourth-order valence-corrected chi connectivity index (χ4v) is 3.21. The molecule has 3 rings (SSSR count). The monoisotopic (exact) mass is 291 g/mol. The van der Waals surface area contributed by atoms with Crippen molar-refractivity contribution in [2.45, 2.75) is 38.5 Å². The number of carbonyl (C=O) groups excluding carboxylic acids is 3. The van der Waals surface area contributed by atoms with Crippen molar-refractivity contribution in [1.82, 2.24) is 5.06 Å². The topological polar surface area (TPSA) is 72.9 Å². The molecule has 1 saturated heterocycles. The number of hydrogen-bond acceptors (Lipinski definition) is 5. The highest BCUT2D eigenvalue weighted by Gasteiger charge is 2.49. The van der Waals surface area contributed by atoms with Gasteiger partial charge in [-0.1, -0.05) is 5.06 Å². The highest BCUT2D eigenvalue weighted by molar-refractivity contribution is 6.01. The Morgan fingerprint density at radius 2 is 1.67 bits per heavy atom. The van der Waals surface area contributed by atoms with Gasteiger partial charge in [0.2, 0.25) is 0 Å². The summed E-state index contributed by atoms with van der Waals surface area (Å²) in [5.74, 6) is 6.75. The van der Waals surface area contributed by atoms with Crippen LogP contribution in [0.3, 0.4) is 0 Å². The second-order valence-corrected chi connectivity index (χ2v) is 5.66. The molecular weight excluding hydrogens is 274 g/mol. The normalized spacial score (nSPS) is 30.7. The number of imide groups is 1. The van der Waals surface area contributed by atoms with Gasteiger partial charge in [0.05, 0.1) is 6.61 Å². The maximum absolute atomic E-state index is 11.5. The van der Waals surface area contributed by atoms with E-state index in [9.17, 15) is 14.4 Å². The summed E-state index contributed by atoms with van der Waals surface area (Å²) in [6, 6.07) is 0. The van der Waals surface area contributed by atoms with Gasteiger partial charge in [-0.25, -0.2) is 4.79 Å². The van der Waals surface area contributed by atoms with E-state index in [4.69, 9.17) is 4.74 Å². The van der Waals surface area contributed by atoms with Crippen LogP contribution in [0.1, 0.15) is 38.5 Å². The highest BCUT2D eigenvalue weighted by Crippen LogP contribution is 2.52. The van der Waals surface area contributed by atoms with Crippen LogP contribution in [0.25, 0.3) is 0 Å². The van der Waals surface area contributed by atoms with Gasteiger partial charge < -0.3 is 4.74 Å². The fraction of sp³-hybridized carbons (Fsp3) is 0.667. The first-order valence-corrected chi connectivity index (χ1v) is 7.33. The Hall–Kier alpha value is -2.03. The van der Waals surface area contributed by atoms with E-state index in [1.165, 1.54) is 0 Å². The Bertz CT molecular complexity index is 498. The summed E-state index contributed by atoms with van der Waals surface area (Å²) >= 11 is 0. The van der Waals surface area contributed by atoms with Gasteiger partial charge in [-0.05, 0) is 30.6 Å². The Morgan fingerprint density at radius 3 is 2.24 bits per heavy atom. The number of nitrogens with zero attached hydrogens (tertiary/aromatic N) is 1. The average Bonchev–Trinajstić information content (AvgIpc) is 2.98. The van der Waals surface area contributed by atoms with Crippen molar-refractivity contribution in [2.75, 3.05) is 6.61 Å². The standard InChI is InChI=1S/C15H17NO5/c17-13-7-8-14(18)16(13)21-15(19)20-9-12-10-5-3-1-2-4-6-11(10)12/h10-12H,3-9H2. The van der Waals surface area contributed by atoms with Crippen molar-refractivity contribution in [3.05, 3.63) is 0 Å². The molecular formula is C15H17NO5. The van der Waals surface area contributed by atoms with Crippen LogP contribution in [0.4, 0.5) is 4.79 Å². The van der Waals surface area contributed by atoms with Crippen LogP contribution in [0.5, 0.6) is 0 Å². The first-order chi connectivity index (χ1) is 10.2. The van der Waals surface area contributed by atoms with E-state index in [1.807, 2.05) is 0 Å². The molecule has 21 heavy (non-hydrogen) atoms. The second kappa shape index (κ2) is 5.76. The van der Waals surface area contributed by atoms with Crippen molar-refractivity contribution in [3.8, 4) is 11.8 Å². The zero-order valence-electron chi connectivity index (χ0n) is 11.7. The van der Waals surface area contributed by atoms with Crippen LogP contribution < -0.4 is 0 Å². The lowest BCUT2D eigenvalue weighted by Gasteiger charge is -2.12. The zero-order valence-corrected chi connectivity index (χ0v) is 11.7. The second-order valence-electron chi connectivity index (χ2n) is 5.66. The number of fused-ring (bicyclic) bond motifs is 1. The highest BCUT2D eigenvalue weighted by atomic mass is 16.8.